The highest BCUT2D eigenvalue weighted by Gasteiger charge is 2.26. The fraction of sp³-hybridized carbons (Fsp3) is 0.375. The van der Waals surface area contributed by atoms with Gasteiger partial charge >= 0.3 is 0 Å². The minimum Gasteiger partial charge on any atom is -0.340 e. The minimum atomic E-state index is -0.667. The standard InChI is InChI=1S/C24H31N3O3/c1-5-17(4)21(26-22(28)18-11-9-8-10-12-18)23(29)25-20-15-13-19(14-16-20)24(30)27(6-2)7-3/h8-17,21H,5-7H2,1-4H3,(H,25,29)(H,26,28)/t17-,21-/m0/s1. The summed E-state index contributed by atoms with van der Waals surface area (Å²) in [5, 5.41) is 5.71. The highest BCUT2D eigenvalue weighted by Crippen LogP contribution is 2.15. The Hall–Kier alpha value is -3.15. The van der Waals surface area contributed by atoms with Gasteiger partial charge in [-0.3, -0.25) is 14.4 Å². The molecule has 0 radical (unpaired) electrons. The van der Waals surface area contributed by atoms with Gasteiger partial charge in [-0.15, -0.1) is 0 Å². The number of hydrogen-bond acceptors (Lipinski definition) is 3. The minimum absolute atomic E-state index is 0.0366. The lowest BCUT2D eigenvalue weighted by molar-refractivity contribution is -0.119. The van der Waals surface area contributed by atoms with Gasteiger partial charge in [-0.1, -0.05) is 38.5 Å². The monoisotopic (exact) mass is 409 g/mol. The summed E-state index contributed by atoms with van der Waals surface area (Å²) in [7, 11) is 0. The van der Waals surface area contributed by atoms with Crippen LogP contribution in [0.2, 0.25) is 0 Å². The summed E-state index contributed by atoms with van der Waals surface area (Å²) in [4.78, 5) is 39.6. The summed E-state index contributed by atoms with van der Waals surface area (Å²) in [5.41, 5.74) is 1.67. The van der Waals surface area contributed by atoms with Crippen molar-refractivity contribution >= 4 is 23.4 Å². The van der Waals surface area contributed by atoms with Crippen molar-refractivity contribution in [1.82, 2.24) is 10.2 Å². The van der Waals surface area contributed by atoms with Crippen molar-refractivity contribution in [2.24, 2.45) is 5.92 Å². The number of carbonyl (C=O) groups excluding carboxylic acids is 3. The molecule has 6 heteroatoms. The van der Waals surface area contributed by atoms with Crippen LogP contribution < -0.4 is 10.6 Å². The molecule has 0 aromatic heterocycles. The summed E-state index contributed by atoms with van der Waals surface area (Å²) in [6.45, 7) is 9.08. The Labute approximate surface area is 178 Å². The average Bonchev–Trinajstić information content (AvgIpc) is 2.78. The van der Waals surface area contributed by atoms with E-state index in [-0.39, 0.29) is 23.6 Å². The molecule has 0 saturated carbocycles. The highest BCUT2D eigenvalue weighted by molar-refractivity contribution is 6.01. The molecule has 0 saturated heterocycles. The molecule has 0 unspecified atom stereocenters. The summed E-state index contributed by atoms with van der Waals surface area (Å²) < 4.78 is 0. The smallest absolute Gasteiger partial charge is 0.253 e. The second kappa shape index (κ2) is 11.1. The first-order valence-corrected chi connectivity index (χ1v) is 10.5. The number of rotatable bonds is 9. The Morgan fingerprint density at radius 1 is 0.867 bits per heavy atom. The van der Waals surface area contributed by atoms with E-state index in [1.54, 1.807) is 53.4 Å². The fourth-order valence-corrected chi connectivity index (χ4v) is 3.13. The van der Waals surface area contributed by atoms with Crippen LogP contribution in [0, 0.1) is 5.92 Å². The molecule has 0 aliphatic heterocycles. The molecule has 0 heterocycles. The van der Waals surface area contributed by atoms with E-state index in [4.69, 9.17) is 0 Å². The molecule has 160 valence electrons. The number of benzene rings is 2. The van der Waals surface area contributed by atoms with E-state index in [0.717, 1.165) is 6.42 Å². The van der Waals surface area contributed by atoms with Gasteiger partial charge in [0.1, 0.15) is 6.04 Å². The number of anilines is 1. The van der Waals surface area contributed by atoms with Crippen LogP contribution in [0.15, 0.2) is 54.6 Å². The molecule has 2 N–H and O–H groups in total. The van der Waals surface area contributed by atoms with Crippen molar-refractivity contribution in [3.05, 3.63) is 65.7 Å². The van der Waals surface area contributed by atoms with E-state index in [2.05, 4.69) is 10.6 Å². The first kappa shape index (κ1) is 23.1. The first-order chi connectivity index (χ1) is 14.4. The molecule has 0 fully saturated rings. The van der Waals surface area contributed by atoms with Crippen LogP contribution >= 0.6 is 0 Å². The number of nitrogens with zero attached hydrogens (tertiary/aromatic N) is 1. The van der Waals surface area contributed by atoms with Crippen LogP contribution in [0.4, 0.5) is 5.69 Å². The van der Waals surface area contributed by atoms with Gasteiger partial charge in [-0.05, 0) is 56.2 Å². The van der Waals surface area contributed by atoms with Crippen LogP contribution in [0.5, 0.6) is 0 Å². The molecule has 30 heavy (non-hydrogen) atoms. The van der Waals surface area contributed by atoms with Crippen LogP contribution in [0.25, 0.3) is 0 Å². The number of nitrogens with one attached hydrogen (secondary N) is 2. The molecule has 0 spiro atoms. The zero-order valence-corrected chi connectivity index (χ0v) is 18.1. The van der Waals surface area contributed by atoms with E-state index in [9.17, 15) is 14.4 Å². The Morgan fingerprint density at radius 3 is 2.00 bits per heavy atom. The zero-order chi connectivity index (χ0) is 22.1. The van der Waals surface area contributed by atoms with Crippen LogP contribution in [0.3, 0.4) is 0 Å². The third-order valence-corrected chi connectivity index (χ3v) is 5.27. The van der Waals surface area contributed by atoms with E-state index in [1.165, 1.54) is 0 Å². The van der Waals surface area contributed by atoms with Gasteiger partial charge in [0.15, 0.2) is 0 Å². The maximum Gasteiger partial charge on any atom is 0.253 e. The molecule has 2 atom stereocenters. The van der Waals surface area contributed by atoms with Gasteiger partial charge in [0.2, 0.25) is 5.91 Å². The Balaban J connectivity index is 2.10. The van der Waals surface area contributed by atoms with E-state index in [0.29, 0.717) is 29.9 Å². The molecular formula is C24H31N3O3. The van der Waals surface area contributed by atoms with Gasteiger partial charge in [0.05, 0.1) is 0 Å². The lowest BCUT2D eigenvalue weighted by Gasteiger charge is -2.24. The number of carbonyl (C=O) groups is 3. The molecule has 2 aromatic carbocycles. The van der Waals surface area contributed by atoms with E-state index in [1.807, 2.05) is 33.8 Å². The second-order valence-electron chi connectivity index (χ2n) is 7.25. The van der Waals surface area contributed by atoms with Crippen molar-refractivity contribution in [3.63, 3.8) is 0 Å². The lowest BCUT2D eigenvalue weighted by atomic mass is 9.97. The lowest BCUT2D eigenvalue weighted by Crippen LogP contribution is -2.47. The number of hydrogen-bond donors (Lipinski definition) is 2. The zero-order valence-electron chi connectivity index (χ0n) is 18.1. The molecular weight excluding hydrogens is 378 g/mol. The third kappa shape index (κ3) is 5.92. The van der Waals surface area contributed by atoms with Gasteiger partial charge in [0, 0.05) is 29.9 Å². The maximum absolute atomic E-state index is 12.9. The third-order valence-electron chi connectivity index (χ3n) is 5.27. The van der Waals surface area contributed by atoms with E-state index < -0.39 is 6.04 Å². The Kier molecular flexibility index (Phi) is 8.59. The summed E-state index contributed by atoms with van der Waals surface area (Å²) in [5.74, 6) is -0.640. The van der Waals surface area contributed by atoms with Crippen LogP contribution in [-0.2, 0) is 4.79 Å². The largest absolute Gasteiger partial charge is 0.340 e. The normalized spacial score (nSPS) is 12.5. The van der Waals surface area contributed by atoms with E-state index >= 15 is 0 Å². The van der Waals surface area contributed by atoms with Gasteiger partial charge < -0.3 is 15.5 Å². The summed E-state index contributed by atoms with van der Waals surface area (Å²) in [6, 6.07) is 15.0. The molecule has 2 aromatic rings. The maximum atomic E-state index is 12.9. The number of amides is 3. The second-order valence-corrected chi connectivity index (χ2v) is 7.25. The Bertz CT molecular complexity index is 846. The molecule has 3 amide bonds. The molecule has 6 nitrogen and oxygen atoms in total. The van der Waals surface area contributed by atoms with Crippen LogP contribution in [0.1, 0.15) is 54.8 Å². The van der Waals surface area contributed by atoms with Crippen molar-refractivity contribution < 1.29 is 14.4 Å². The van der Waals surface area contributed by atoms with Gasteiger partial charge in [-0.2, -0.15) is 0 Å². The summed E-state index contributed by atoms with van der Waals surface area (Å²) >= 11 is 0. The predicted molar refractivity (Wildman–Crippen MR) is 119 cm³/mol. The van der Waals surface area contributed by atoms with Gasteiger partial charge in [0.25, 0.3) is 11.8 Å². The van der Waals surface area contributed by atoms with Crippen molar-refractivity contribution in [2.45, 2.75) is 40.2 Å². The molecule has 0 aliphatic rings. The average molecular weight is 410 g/mol. The molecule has 0 aliphatic carbocycles. The quantitative estimate of drug-likeness (QED) is 0.658. The van der Waals surface area contributed by atoms with Crippen molar-refractivity contribution in [1.29, 1.82) is 0 Å². The SMILES string of the molecule is CC[C@H](C)[C@H](NC(=O)c1ccccc1)C(=O)Nc1ccc(C(=O)N(CC)CC)cc1. The van der Waals surface area contributed by atoms with Crippen molar-refractivity contribution in [2.75, 3.05) is 18.4 Å². The van der Waals surface area contributed by atoms with Gasteiger partial charge in [-0.25, -0.2) is 0 Å². The first-order valence-electron chi connectivity index (χ1n) is 10.5. The fourth-order valence-electron chi connectivity index (χ4n) is 3.13. The summed E-state index contributed by atoms with van der Waals surface area (Å²) in [6.07, 6.45) is 0.741. The predicted octanol–water partition coefficient (Wildman–Crippen LogP) is 3.95. The highest BCUT2D eigenvalue weighted by atomic mass is 16.2. The molecule has 0 bridgehead atoms. The van der Waals surface area contributed by atoms with Crippen molar-refractivity contribution in [3.8, 4) is 0 Å². The molecule has 2 rings (SSSR count). The Morgan fingerprint density at radius 2 is 1.47 bits per heavy atom. The van der Waals surface area contributed by atoms with Crippen LogP contribution in [-0.4, -0.2) is 41.8 Å². The topological polar surface area (TPSA) is 78.5 Å².